The molecule has 0 bridgehead atoms. The van der Waals surface area contributed by atoms with Crippen molar-refractivity contribution in [3.05, 3.63) is 64.4 Å². The zero-order valence-electron chi connectivity index (χ0n) is 10.3. The van der Waals surface area contributed by atoms with E-state index in [2.05, 4.69) is 19.1 Å². The molecule has 18 heavy (non-hydrogen) atoms. The summed E-state index contributed by atoms with van der Waals surface area (Å²) in [6.07, 6.45) is 1.03. The van der Waals surface area contributed by atoms with E-state index in [-0.39, 0.29) is 5.82 Å². The van der Waals surface area contributed by atoms with Crippen molar-refractivity contribution in [3.8, 4) is 0 Å². The first kappa shape index (κ1) is 13.1. The predicted molar refractivity (Wildman–Crippen MR) is 72.5 cm³/mol. The van der Waals surface area contributed by atoms with Crippen molar-refractivity contribution in [1.29, 1.82) is 0 Å². The number of nitrogens with two attached hydrogens (primary N) is 1. The number of benzene rings is 2. The van der Waals surface area contributed by atoms with Crippen LogP contribution in [0.15, 0.2) is 42.5 Å². The summed E-state index contributed by atoms with van der Waals surface area (Å²) in [5, 5.41) is 2.47. The molecule has 2 N–H and O–H groups in total. The van der Waals surface area contributed by atoms with Gasteiger partial charge in [0.25, 0.3) is 0 Å². The molecular formula is C15H16ClFN+. The van der Waals surface area contributed by atoms with Gasteiger partial charge in [0.1, 0.15) is 18.0 Å². The van der Waals surface area contributed by atoms with Gasteiger partial charge in [0, 0.05) is 0 Å². The van der Waals surface area contributed by atoms with Gasteiger partial charge in [0.15, 0.2) is 0 Å². The van der Waals surface area contributed by atoms with E-state index >= 15 is 0 Å². The summed E-state index contributed by atoms with van der Waals surface area (Å²) in [5.41, 5.74) is 2.95. The van der Waals surface area contributed by atoms with Crippen LogP contribution in [-0.4, -0.2) is 0 Å². The van der Waals surface area contributed by atoms with Gasteiger partial charge in [0.05, 0.1) is 10.6 Å². The third kappa shape index (κ3) is 3.09. The monoisotopic (exact) mass is 264 g/mol. The van der Waals surface area contributed by atoms with E-state index in [1.165, 1.54) is 11.6 Å². The second-order valence-electron chi connectivity index (χ2n) is 4.20. The third-order valence-electron chi connectivity index (χ3n) is 2.99. The summed E-state index contributed by atoms with van der Waals surface area (Å²) in [6, 6.07) is 13.1. The first-order valence-electron chi connectivity index (χ1n) is 6.05. The van der Waals surface area contributed by atoms with Crippen LogP contribution in [0, 0.1) is 5.82 Å². The maximum Gasteiger partial charge on any atom is 0.133 e. The molecule has 0 fully saturated rings. The van der Waals surface area contributed by atoms with Gasteiger partial charge in [-0.05, 0) is 36.2 Å². The highest BCUT2D eigenvalue weighted by molar-refractivity contribution is 6.31. The van der Waals surface area contributed by atoms with Crippen LogP contribution < -0.4 is 5.32 Å². The Morgan fingerprint density at radius 2 is 1.83 bits per heavy atom. The molecule has 0 saturated carbocycles. The number of hydrogen-bond donors (Lipinski definition) is 1. The molecule has 2 aromatic carbocycles. The lowest BCUT2D eigenvalue weighted by Crippen LogP contribution is -2.76. The van der Waals surface area contributed by atoms with E-state index < -0.39 is 0 Å². The van der Waals surface area contributed by atoms with Crippen molar-refractivity contribution in [2.75, 3.05) is 0 Å². The Morgan fingerprint density at radius 3 is 2.44 bits per heavy atom. The molecule has 2 aromatic rings. The molecule has 0 atom stereocenters. The topological polar surface area (TPSA) is 16.6 Å². The normalized spacial score (nSPS) is 10.6. The molecule has 1 nitrogen and oxygen atoms in total. The molecule has 0 aliphatic rings. The summed E-state index contributed by atoms with van der Waals surface area (Å²) in [6.45, 7) is 2.63. The Hall–Kier alpha value is -1.38. The number of halogens is 2. The number of quaternary nitrogens is 1. The van der Waals surface area contributed by atoms with Crippen molar-refractivity contribution in [3.63, 3.8) is 0 Å². The molecule has 2 rings (SSSR count). The molecule has 0 aromatic heterocycles. The van der Waals surface area contributed by atoms with Crippen LogP contribution in [-0.2, 0) is 13.0 Å². The molecule has 0 heterocycles. The first-order chi connectivity index (χ1) is 8.70. The third-order valence-corrected chi connectivity index (χ3v) is 3.35. The average molecular weight is 265 g/mol. The molecule has 0 aliphatic heterocycles. The van der Waals surface area contributed by atoms with Crippen molar-refractivity contribution >= 4 is 17.3 Å². The second-order valence-corrected chi connectivity index (χ2v) is 4.61. The summed E-state index contributed by atoms with van der Waals surface area (Å²) in [5.74, 6) is -0.246. The largest absolute Gasteiger partial charge is 0.310 e. The Bertz CT molecular complexity index is 502. The standard InChI is InChI=1S/C15H15ClFN/c1-2-11-6-8-12(9-7-11)18-10-13-14(16)4-3-5-15(13)17/h3-9,18H,2,10H2,1H3/p+1. The van der Waals surface area contributed by atoms with E-state index in [1.807, 2.05) is 17.4 Å². The summed E-state index contributed by atoms with van der Waals surface area (Å²) < 4.78 is 13.6. The molecule has 94 valence electrons. The van der Waals surface area contributed by atoms with Crippen LogP contribution in [0.25, 0.3) is 0 Å². The number of hydrogen-bond acceptors (Lipinski definition) is 0. The van der Waals surface area contributed by atoms with Crippen LogP contribution in [0.1, 0.15) is 18.1 Å². The minimum absolute atomic E-state index is 0.246. The van der Waals surface area contributed by atoms with Crippen LogP contribution in [0.2, 0.25) is 5.02 Å². The summed E-state index contributed by atoms with van der Waals surface area (Å²) >= 11 is 5.98. The quantitative estimate of drug-likeness (QED) is 0.815. The Kier molecular flexibility index (Phi) is 4.34. The summed E-state index contributed by atoms with van der Waals surface area (Å²) in [7, 11) is 0. The van der Waals surface area contributed by atoms with Gasteiger partial charge in [-0.3, -0.25) is 0 Å². The van der Waals surface area contributed by atoms with Gasteiger partial charge < -0.3 is 5.32 Å². The SMILES string of the molecule is CCc1ccc([NH2+]Cc2c(F)cccc2Cl)cc1. The Labute approximate surface area is 112 Å². The molecule has 0 spiro atoms. The van der Waals surface area contributed by atoms with Crippen LogP contribution in [0.5, 0.6) is 0 Å². The smallest absolute Gasteiger partial charge is 0.133 e. The van der Waals surface area contributed by atoms with Crippen molar-refractivity contribution < 1.29 is 9.71 Å². The maximum atomic E-state index is 13.6. The molecule has 0 aliphatic carbocycles. The molecule has 0 saturated heterocycles. The second kappa shape index (κ2) is 5.98. The lowest BCUT2D eigenvalue weighted by Gasteiger charge is -2.05. The van der Waals surface area contributed by atoms with Gasteiger partial charge >= 0.3 is 0 Å². The van der Waals surface area contributed by atoms with E-state index in [4.69, 9.17) is 11.6 Å². The molecular weight excluding hydrogens is 249 g/mol. The van der Waals surface area contributed by atoms with Gasteiger partial charge in [-0.2, -0.15) is 0 Å². The van der Waals surface area contributed by atoms with E-state index in [9.17, 15) is 4.39 Å². The highest BCUT2D eigenvalue weighted by atomic mass is 35.5. The fraction of sp³-hybridized carbons (Fsp3) is 0.200. The van der Waals surface area contributed by atoms with Crippen molar-refractivity contribution in [2.24, 2.45) is 0 Å². The fourth-order valence-electron chi connectivity index (χ4n) is 1.84. The molecule has 3 heteroatoms. The number of aryl methyl sites for hydroxylation is 1. The first-order valence-corrected chi connectivity index (χ1v) is 6.43. The van der Waals surface area contributed by atoms with Gasteiger partial charge in [-0.1, -0.05) is 36.7 Å². The predicted octanol–water partition coefficient (Wildman–Crippen LogP) is 3.44. The minimum Gasteiger partial charge on any atom is -0.310 e. The van der Waals surface area contributed by atoms with Crippen molar-refractivity contribution in [2.45, 2.75) is 19.9 Å². The molecule has 0 amide bonds. The maximum absolute atomic E-state index is 13.6. The molecule has 0 radical (unpaired) electrons. The Balaban J connectivity index is 2.06. The fourth-order valence-corrected chi connectivity index (χ4v) is 2.08. The lowest BCUT2D eigenvalue weighted by atomic mass is 10.1. The average Bonchev–Trinajstić information content (AvgIpc) is 2.39. The van der Waals surface area contributed by atoms with E-state index in [1.54, 1.807) is 12.1 Å². The minimum atomic E-state index is -0.246. The van der Waals surface area contributed by atoms with E-state index in [0.717, 1.165) is 12.1 Å². The Morgan fingerprint density at radius 1 is 1.11 bits per heavy atom. The van der Waals surface area contributed by atoms with Gasteiger partial charge in [0.2, 0.25) is 0 Å². The molecule has 0 unspecified atom stereocenters. The highest BCUT2D eigenvalue weighted by Crippen LogP contribution is 2.17. The van der Waals surface area contributed by atoms with Gasteiger partial charge in [-0.15, -0.1) is 0 Å². The van der Waals surface area contributed by atoms with Gasteiger partial charge in [-0.25, -0.2) is 4.39 Å². The van der Waals surface area contributed by atoms with Crippen LogP contribution in [0.3, 0.4) is 0 Å². The van der Waals surface area contributed by atoms with Crippen LogP contribution in [0.4, 0.5) is 10.1 Å². The summed E-state index contributed by atoms with van der Waals surface area (Å²) in [4.78, 5) is 0. The van der Waals surface area contributed by atoms with Crippen LogP contribution >= 0.6 is 11.6 Å². The highest BCUT2D eigenvalue weighted by Gasteiger charge is 2.08. The zero-order chi connectivity index (χ0) is 13.0. The van der Waals surface area contributed by atoms with E-state index in [0.29, 0.717) is 17.1 Å². The van der Waals surface area contributed by atoms with Crippen molar-refractivity contribution in [1.82, 2.24) is 0 Å². The number of rotatable bonds is 4. The zero-order valence-corrected chi connectivity index (χ0v) is 11.0. The lowest BCUT2D eigenvalue weighted by molar-refractivity contribution is -0.588.